The molecular weight excluding hydrogens is 218 g/mol. The van der Waals surface area contributed by atoms with Crippen molar-refractivity contribution in [3.05, 3.63) is 11.7 Å². The van der Waals surface area contributed by atoms with Crippen LogP contribution in [0.25, 0.3) is 0 Å². The molecule has 0 bridgehead atoms. The second-order valence-corrected chi connectivity index (χ2v) is 4.25. The minimum atomic E-state index is -0.157. The Labute approximate surface area is 103 Å². The highest BCUT2D eigenvalue weighted by molar-refractivity contribution is 4.95. The summed E-state index contributed by atoms with van der Waals surface area (Å²) in [7, 11) is 1.66. The van der Waals surface area contributed by atoms with E-state index in [-0.39, 0.29) is 12.1 Å². The molecule has 5 heteroatoms. The first-order valence-corrected chi connectivity index (χ1v) is 6.34. The Balaban J connectivity index is 2.62. The lowest BCUT2D eigenvalue weighted by atomic mass is 10.1. The molecule has 0 radical (unpaired) electrons. The number of hydrogen-bond donors (Lipinski definition) is 1. The normalized spacial score (nSPS) is 14.8. The van der Waals surface area contributed by atoms with Crippen molar-refractivity contribution in [3.8, 4) is 0 Å². The maximum absolute atomic E-state index is 5.97. The van der Waals surface area contributed by atoms with E-state index in [1.807, 2.05) is 0 Å². The van der Waals surface area contributed by atoms with Crippen LogP contribution in [0.4, 0.5) is 0 Å². The Bertz CT molecular complexity index is 314. The number of nitrogens with zero attached hydrogens (tertiary/aromatic N) is 2. The molecule has 17 heavy (non-hydrogen) atoms. The van der Waals surface area contributed by atoms with Gasteiger partial charge in [0.2, 0.25) is 11.7 Å². The van der Waals surface area contributed by atoms with E-state index < -0.39 is 0 Å². The molecule has 2 atom stereocenters. The van der Waals surface area contributed by atoms with Gasteiger partial charge in [0, 0.05) is 7.11 Å². The first-order chi connectivity index (χ1) is 8.22. The lowest BCUT2D eigenvalue weighted by molar-refractivity contribution is 0.0854. The van der Waals surface area contributed by atoms with Crippen molar-refractivity contribution < 1.29 is 9.26 Å². The molecule has 1 heterocycles. The predicted molar refractivity (Wildman–Crippen MR) is 65.4 cm³/mol. The smallest absolute Gasteiger partial charge is 0.243 e. The molecule has 0 aliphatic rings. The zero-order valence-electron chi connectivity index (χ0n) is 11.0. The van der Waals surface area contributed by atoms with Gasteiger partial charge < -0.3 is 15.0 Å². The van der Waals surface area contributed by atoms with Crippen molar-refractivity contribution in [3.63, 3.8) is 0 Å². The van der Waals surface area contributed by atoms with Crippen molar-refractivity contribution in [1.29, 1.82) is 0 Å². The number of nitrogens with two attached hydrogens (primary N) is 1. The van der Waals surface area contributed by atoms with E-state index in [1.165, 1.54) is 0 Å². The van der Waals surface area contributed by atoms with Gasteiger partial charge in [-0.2, -0.15) is 4.98 Å². The van der Waals surface area contributed by atoms with E-state index in [4.69, 9.17) is 15.0 Å². The molecule has 2 unspecified atom stereocenters. The number of hydrogen-bond acceptors (Lipinski definition) is 5. The highest BCUT2D eigenvalue weighted by Crippen LogP contribution is 2.21. The maximum atomic E-state index is 5.97. The van der Waals surface area contributed by atoms with Crippen LogP contribution in [0.5, 0.6) is 0 Å². The van der Waals surface area contributed by atoms with Crippen LogP contribution >= 0.6 is 0 Å². The summed E-state index contributed by atoms with van der Waals surface area (Å²) >= 11 is 0. The molecule has 5 nitrogen and oxygen atoms in total. The van der Waals surface area contributed by atoms with Crippen molar-refractivity contribution in [1.82, 2.24) is 10.1 Å². The second kappa shape index (κ2) is 7.40. The number of methoxy groups -OCH3 is 1. The molecule has 0 saturated heterocycles. The molecule has 0 fully saturated rings. The van der Waals surface area contributed by atoms with Gasteiger partial charge in [-0.15, -0.1) is 0 Å². The summed E-state index contributed by atoms with van der Waals surface area (Å²) < 4.78 is 10.5. The number of ether oxygens (including phenoxy) is 1. The Morgan fingerprint density at radius 2 is 2.06 bits per heavy atom. The molecule has 1 aromatic rings. The zero-order valence-corrected chi connectivity index (χ0v) is 11.0. The van der Waals surface area contributed by atoms with Crippen LogP contribution in [0.1, 0.15) is 69.8 Å². The van der Waals surface area contributed by atoms with Crippen LogP contribution in [-0.2, 0) is 4.74 Å². The fraction of sp³-hybridized carbons (Fsp3) is 0.833. The van der Waals surface area contributed by atoms with Crippen LogP contribution in [0, 0.1) is 0 Å². The molecule has 0 spiro atoms. The van der Waals surface area contributed by atoms with E-state index in [0.29, 0.717) is 11.7 Å². The molecule has 0 saturated carbocycles. The molecule has 1 rings (SSSR count). The predicted octanol–water partition coefficient (Wildman–Crippen LogP) is 2.75. The third-order valence-electron chi connectivity index (χ3n) is 2.77. The molecule has 0 aromatic carbocycles. The minimum Gasteiger partial charge on any atom is -0.373 e. The van der Waals surface area contributed by atoms with E-state index in [0.717, 1.165) is 32.1 Å². The van der Waals surface area contributed by atoms with Crippen LogP contribution in [-0.4, -0.2) is 17.3 Å². The summed E-state index contributed by atoms with van der Waals surface area (Å²) in [5.74, 6) is 1.13. The topological polar surface area (TPSA) is 74.2 Å². The third kappa shape index (κ3) is 4.09. The summed E-state index contributed by atoms with van der Waals surface area (Å²) in [5.41, 5.74) is 5.97. The summed E-state index contributed by atoms with van der Waals surface area (Å²) in [6.45, 7) is 4.23. The van der Waals surface area contributed by atoms with Gasteiger partial charge in [0.05, 0.1) is 6.04 Å². The van der Waals surface area contributed by atoms with Gasteiger partial charge in [-0.25, -0.2) is 0 Å². The number of aromatic nitrogens is 2. The standard InChI is InChI=1S/C12H23N3O2/c1-4-6-8-9(13)12-14-11(15-17-12)10(16-3)7-5-2/h9-10H,4-8,13H2,1-3H3. The van der Waals surface area contributed by atoms with Crippen molar-refractivity contribution in [2.45, 2.75) is 58.1 Å². The summed E-state index contributed by atoms with van der Waals surface area (Å²) in [6, 6.07) is -0.157. The fourth-order valence-electron chi connectivity index (χ4n) is 1.69. The van der Waals surface area contributed by atoms with Crippen molar-refractivity contribution >= 4 is 0 Å². The van der Waals surface area contributed by atoms with Gasteiger partial charge in [0.15, 0.2) is 0 Å². The third-order valence-corrected chi connectivity index (χ3v) is 2.77. The number of rotatable bonds is 8. The van der Waals surface area contributed by atoms with Crippen LogP contribution in [0.15, 0.2) is 4.52 Å². The Hall–Kier alpha value is -0.940. The quantitative estimate of drug-likeness (QED) is 0.757. The molecule has 0 aliphatic carbocycles. The van der Waals surface area contributed by atoms with Crippen molar-refractivity contribution in [2.75, 3.05) is 7.11 Å². The van der Waals surface area contributed by atoms with E-state index in [2.05, 4.69) is 24.0 Å². The van der Waals surface area contributed by atoms with E-state index >= 15 is 0 Å². The molecule has 98 valence electrons. The lowest BCUT2D eigenvalue weighted by Crippen LogP contribution is -2.11. The highest BCUT2D eigenvalue weighted by Gasteiger charge is 2.19. The summed E-state index contributed by atoms with van der Waals surface area (Å²) in [4.78, 5) is 4.33. The van der Waals surface area contributed by atoms with Crippen molar-refractivity contribution in [2.24, 2.45) is 5.73 Å². The Morgan fingerprint density at radius 1 is 1.29 bits per heavy atom. The van der Waals surface area contributed by atoms with Gasteiger partial charge in [-0.3, -0.25) is 0 Å². The Kier molecular flexibility index (Phi) is 6.15. The largest absolute Gasteiger partial charge is 0.373 e. The van der Waals surface area contributed by atoms with Crippen LogP contribution in [0.2, 0.25) is 0 Å². The SMILES string of the molecule is CCCCC(N)c1nc(C(CCC)OC)no1. The second-order valence-electron chi connectivity index (χ2n) is 4.25. The molecule has 1 aromatic heterocycles. The van der Waals surface area contributed by atoms with Gasteiger partial charge in [-0.1, -0.05) is 38.3 Å². The first kappa shape index (κ1) is 14.1. The highest BCUT2D eigenvalue weighted by atomic mass is 16.5. The van der Waals surface area contributed by atoms with Crippen LogP contribution < -0.4 is 5.73 Å². The average molecular weight is 241 g/mol. The van der Waals surface area contributed by atoms with E-state index in [9.17, 15) is 0 Å². The fourth-order valence-corrected chi connectivity index (χ4v) is 1.69. The molecule has 0 amide bonds. The van der Waals surface area contributed by atoms with Gasteiger partial charge >= 0.3 is 0 Å². The molecular formula is C12H23N3O2. The van der Waals surface area contributed by atoms with Crippen LogP contribution in [0.3, 0.4) is 0 Å². The Morgan fingerprint density at radius 3 is 2.65 bits per heavy atom. The monoisotopic (exact) mass is 241 g/mol. The summed E-state index contributed by atoms with van der Waals surface area (Å²) in [5, 5.41) is 3.94. The van der Waals surface area contributed by atoms with Gasteiger partial charge in [0.25, 0.3) is 0 Å². The first-order valence-electron chi connectivity index (χ1n) is 6.34. The van der Waals surface area contributed by atoms with Gasteiger partial charge in [-0.05, 0) is 12.8 Å². The number of unbranched alkanes of at least 4 members (excludes halogenated alkanes) is 1. The maximum Gasteiger partial charge on any atom is 0.243 e. The summed E-state index contributed by atoms with van der Waals surface area (Å²) in [6.07, 6.45) is 4.89. The van der Waals surface area contributed by atoms with E-state index in [1.54, 1.807) is 7.11 Å². The molecule has 0 aliphatic heterocycles. The minimum absolute atomic E-state index is 0.0872. The lowest BCUT2D eigenvalue weighted by Gasteiger charge is -2.08. The average Bonchev–Trinajstić information content (AvgIpc) is 2.82. The van der Waals surface area contributed by atoms with Gasteiger partial charge in [0.1, 0.15) is 6.10 Å². The molecule has 2 N–H and O–H groups in total. The zero-order chi connectivity index (χ0) is 12.7.